The molecule has 0 aliphatic carbocycles. The van der Waals surface area contributed by atoms with Crippen molar-refractivity contribution in [3.8, 4) is 0 Å². The van der Waals surface area contributed by atoms with E-state index < -0.39 is 0 Å². The zero-order valence-electron chi connectivity index (χ0n) is 14.4. The molecule has 0 fully saturated rings. The van der Waals surface area contributed by atoms with Crippen LogP contribution < -0.4 is 4.90 Å². The van der Waals surface area contributed by atoms with E-state index in [2.05, 4.69) is 16.1 Å². The van der Waals surface area contributed by atoms with Crippen LogP contribution in [0.4, 0.5) is 5.13 Å². The Morgan fingerprint density at radius 1 is 1.38 bits per heavy atom. The Kier molecular flexibility index (Phi) is 4.08. The normalized spacial score (nSPS) is 13.7. The van der Waals surface area contributed by atoms with Gasteiger partial charge in [0.1, 0.15) is 5.69 Å². The summed E-state index contributed by atoms with van der Waals surface area (Å²) in [4.78, 5) is 32.4. The standard InChI is InChI=1S/C19H18N4O2S/c1-3-17(24)21(2)11-14-12-26-19(20-14)23-9-8-22-15-7-5-4-6-13(15)10-16(22)18(23)25/h3-7,10,12H,1,8-9,11H2,2H3. The van der Waals surface area contributed by atoms with Crippen LogP contribution in [0.5, 0.6) is 0 Å². The van der Waals surface area contributed by atoms with Gasteiger partial charge in [-0.25, -0.2) is 4.98 Å². The number of aromatic nitrogens is 2. The van der Waals surface area contributed by atoms with Crippen molar-refractivity contribution in [2.75, 3.05) is 18.5 Å². The van der Waals surface area contributed by atoms with Crippen molar-refractivity contribution in [2.24, 2.45) is 0 Å². The van der Waals surface area contributed by atoms with Crippen LogP contribution in [0.25, 0.3) is 10.9 Å². The van der Waals surface area contributed by atoms with Gasteiger partial charge in [0.05, 0.1) is 12.2 Å². The monoisotopic (exact) mass is 366 g/mol. The summed E-state index contributed by atoms with van der Waals surface area (Å²) in [6.07, 6.45) is 1.28. The minimum Gasteiger partial charge on any atom is -0.336 e. The molecule has 1 aliphatic heterocycles. The van der Waals surface area contributed by atoms with E-state index in [1.54, 1.807) is 16.8 Å². The summed E-state index contributed by atoms with van der Waals surface area (Å²) in [6.45, 7) is 5.20. The molecular weight excluding hydrogens is 348 g/mol. The van der Waals surface area contributed by atoms with Gasteiger partial charge in [0.25, 0.3) is 5.91 Å². The van der Waals surface area contributed by atoms with Gasteiger partial charge >= 0.3 is 0 Å². The summed E-state index contributed by atoms with van der Waals surface area (Å²) in [5.41, 5.74) is 2.54. The number of nitrogens with zero attached hydrogens (tertiary/aromatic N) is 4. The van der Waals surface area contributed by atoms with Gasteiger partial charge in [-0.3, -0.25) is 14.5 Å². The van der Waals surface area contributed by atoms with Crippen molar-refractivity contribution in [3.05, 3.63) is 59.8 Å². The number of fused-ring (bicyclic) bond motifs is 3. The topological polar surface area (TPSA) is 58.4 Å². The maximum Gasteiger partial charge on any atom is 0.276 e. The van der Waals surface area contributed by atoms with Crippen molar-refractivity contribution in [3.63, 3.8) is 0 Å². The molecule has 0 atom stereocenters. The van der Waals surface area contributed by atoms with Crippen LogP contribution in [-0.4, -0.2) is 39.9 Å². The van der Waals surface area contributed by atoms with E-state index in [-0.39, 0.29) is 11.8 Å². The lowest BCUT2D eigenvalue weighted by molar-refractivity contribution is -0.125. The van der Waals surface area contributed by atoms with Gasteiger partial charge in [0.2, 0.25) is 5.91 Å². The number of hydrogen-bond acceptors (Lipinski definition) is 4. The molecule has 7 heteroatoms. The number of likely N-dealkylation sites (N-methyl/N-ethyl adjacent to an activating group) is 1. The molecule has 0 radical (unpaired) electrons. The molecule has 0 saturated carbocycles. The average Bonchev–Trinajstić information content (AvgIpc) is 3.26. The van der Waals surface area contributed by atoms with Crippen molar-refractivity contribution >= 4 is 39.2 Å². The van der Waals surface area contributed by atoms with Crippen LogP contribution in [0.1, 0.15) is 16.2 Å². The predicted molar refractivity (Wildman–Crippen MR) is 102 cm³/mol. The minimum atomic E-state index is -0.155. The third kappa shape index (κ3) is 2.70. The maximum absolute atomic E-state index is 13.0. The molecule has 0 saturated heterocycles. The first-order valence-corrected chi connectivity index (χ1v) is 9.18. The fourth-order valence-electron chi connectivity index (χ4n) is 3.22. The summed E-state index contributed by atoms with van der Waals surface area (Å²) in [5.74, 6) is -0.193. The van der Waals surface area contributed by atoms with Crippen LogP contribution in [0.2, 0.25) is 0 Å². The van der Waals surface area contributed by atoms with Crippen LogP contribution in [0.15, 0.2) is 48.4 Å². The Labute approximate surface area is 155 Å². The van der Waals surface area contributed by atoms with Crippen LogP contribution in [-0.2, 0) is 17.9 Å². The van der Waals surface area contributed by atoms with Crippen LogP contribution in [0, 0.1) is 0 Å². The average molecular weight is 366 g/mol. The van der Waals surface area contributed by atoms with E-state index in [1.165, 1.54) is 17.4 Å². The number of rotatable bonds is 4. The highest BCUT2D eigenvalue weighted by molar-refractivity contribution is 7.14. The lowest BCUT2D eigenvalue weighted by Crippen LogP contribution is -2.40. The van der Waals surface area contributed by atoms with E-state index in [0.717, 1.165) is 23.1 Å². The van der Waals surface area contributed by atoms with E-state index in [0.29, 0.717) is 23.9 Å². The van der Waals surface area contributed by atoms with Crippen molar-refractivity contribution < 1.29 is 9.59 Å². The Morgan fingerprint density at radius 2 is 2.19 bits per heavy atom. The molecule has 4 rings (SSSR count). The third-order valence-electron chi connectivity index (χ3n) is 4.54. The Bertz CT molecular complexity index is 1020. The number of thiazole rings is 1. The lowest BCUT2D eigenvalue weighted by atomic mass is 10.2. The molecule has 1 aliphatic rings. The van der Waals surface area contributed by atoms with Gasteiger partial charge in [-0.1, -0.05) is 24.8 Å². The Morgan fingerprint density at radius 3 is 3.00 bits per heavy atom. The largest absolute Gasteiger partial charge is 0.336 e. The molecule has 0 unspecified atom stereocenters. The van der Waals surface area contributed by atoms with Gasteiger partial charge in [0, 0.05) is 36.4 Å². The summed E-state index contributed by atoms with van der Waals surface area (Å²) in [6, 6.07) is 9.96. The smallest absolute Gasteiger partial charge is 0.276 e. The summed E-state index contributed by atoms with van der Waals surface area (Å²) < 4.78 is 2.07. The third-order valence-corrected chi connectivity index (χ3v) is 5.46. The molecule has 26 heavy (non-hydrogen) atoms. The summed E-state index contributed by atoms with van der Waals surface area (Å²) in [5, 5.41) is 3.63. The molecule has 0 spiro atoms. The van der Waals surface area contributed by atoms with Crippen LogP contribution >= 0.6 is 11.3 Å². The molecule has 3 heterocycles. The van der Waals surface area contributed by atoms with E-state index in [4.69, 9.17) is 0 Å². The maximum atomic E-state index is 13.0. The molecule has 0 N–H and O–H groups in total. The molecule has 1 aromatic carbocycles. The Hall–Kier alpha value is -2.93. The predicted octanol–water partition coefficient (Wildman–Crippen LogP) is 2.90. The number of hydrogen-bond donors (Lipinski definition) is 0. The van der Waals surface area contributed by atoms with Gasteiger partial charge in [-0.05, 0) is 18.2 Å². The fourth-order valence-corrected chi connectivity index (χ4v) is 4.06. The molecule has 6 nitrogen and oxygen atoms in total. The first kappa shape index (κ1) is 16.5. The first-order chi connectivity index (χ1) is 12.6. The SMILES string of the molecule is C=CC(=O)N(C)Cc1csc(N2CCn3c(cc4ccccc43)C2=O)n1. The first-order valence-electron chi connectivity index (χ1n) is 8.30. The number of para-hydroxylation sites is 1. The number of amides is 2. The van der Waals surface area contributed by atoms with Crippen molar-refractivity contribution in [1.29, 1.82) is 0 Å². The zero-order chi connectivity index (χ0) is 18.3. The molecular formula is C19H18N4O2S. The molecule has 2 aromatic heterocycles. The highest BCUT2D eigenvalue weighted by atomic mass is 32.1. The highest BCUT2D eigenvalue weighted by Crippen LogP contribution is 2.29. The van der Waals surface area contributed by atoms with Crippen molar-refractivity contribution in [1.82, 2.24) is 14.5 Å². The van der Waals surface area contributed by atoms with E-state index >= 15 is 0 Å². The van der Waals surface area contributed by atoms with E-state index in [9.17, 15) is 9.59 Å². The molecule has 2 amide bonds. The molecule has 0 bridgehead atoms. The Balaban J connectivity index is 1.59. The van der Waals surface area contributed by atoms with Crippen LogP contribution in [0.3, 0.4) is 0 Å². The lowest BCUT2D eigenvalue weighted by Gasteiger charge is -2.26. The molecule has 132 valence electrons. The second kappa shape index (κ2) is 6.42. The zero-order valence-corrected chi connectivity index (χ0v) is 15.2. The minimum absolute atomic E-state index is 0.0381. The fraction of sp³-hybridized carbons (Fsp3) is 0.211. The summed E-state index contributed by atoms with van der Waals surface area (Å²) >= 11 is 1.42. The van der Waals surface area contributed by atoms with Gasteiger partial charge in [0.15, 0.2) is 5.13 Å². The summed E-state index contributed by atoms with van der Waals surface area (Å²) in [7, 11) is 1.70. The number of anilines is 1. The van der Waals surface area contributed by atoms with Gasteiger partial charge in [-0.15, -0.1) is 11.3 Å². The second-order valence-electron chi connectivity index (χ2n) is 6.22. The number of benzene rings is 1. The second-order valence-corrected chi connectivity index (χ2v) is 7.05. The number of carbonyl (C=O) groups is 2. The molecule has 3 aromatic rings. The quantitative estimate of drug-likeness (QED) is 0.667. The van der Waals surface area contributed by atoms with Crippen molar-refractivity contribution in [2.45, 2.75) is 13.1 Å². The van der Waals surface area contributed by atoms with E-state index in [1.807, 2.05) is 35.7 Å². The highest BCUT2D eigenvalue weighted by Gasteiger charge is 2.29. The van der Waals surface area contributed by atoms with Gasteiger partial charge in [-0.2, -0.15) is 0 Å². The van der Waals surface area contributed by atoms with Gasteiger partial charge < -0.3 is 9.47 Å². The number of carbonyl (C=O) groups excluding carboxylic acids is 2.